The highest BCUT2D eigenvalue weighted by atomic mass is 32.2. The number of hydrogen-bond acceptors (Lipinski definition) is 5. The zero-order valence-corrected chi connectivity index (χ0v) is 14.8. The van der Waals surface area contributed by atoms with E-state index in [0.717, 1.165) is 5.82 Å². The Morgan fingerprint density at radius 1 is 1.29 bits per heavy atom. The van der Waals surface area contributed by atoms with Crippen molar-refractivity contribution >= 4 is 35.0 Å². The number of nitrogens with one attached hydrogen (secondary N) is 1. The summed E-state index contributed by atoms with van der Waals surface area (Å²) in [5, 5.41) is 11.6. The monoisotopic (exact) mass is 345 g/mol. The first kappa shape index (κ1) is 16.5. The van der Waals surface area contributed by atoms with Gasteiger partial charge in [0, 0.05) is 7.05 Å². The van der Waals surface area contributed by atoms with Gasteiger partial charge in [-0.1, -0.05) is 23.9 Å². The number of aryl methyl sites for hydroxylation is 1. The standard InChI is InChI=1S/C16H19N5O2S/c1-10-18-19-15(20(10)4)24-9-13(22)21-12-8-6-5-7-11(12)17-14(23)16(21,2)3/h5-8H,9H2,1-4H3,(H,17,23). The zero-order valence-electron chi connectivity index (χ0n) is 14.0. The van der Waals surface area contributed by atoms with Crippen molar-refractivity contribution in [1.29, 1.82) is 0 Å². The summed E-state index contributed by atoms with van der Waals surface area (Å²) in [6.45, 7) is 5.34. The molecule has 0 fully saturated rings. The maximum absolute atomic E-state index is 12.9. The van der Waals surface area contributed by atoms with Crippen molar-refractivity contribution in [2.75, 3.05) is 16.0 Å². The highest BCUT2D eigenvalue weighted by Crippen LogP contribution is 2.37. The number of hydrogen-bond donors (Lipinski definition) is 1. The van der Waals surface area contributed by atoms with E-state index in [2.05, 4.69) is 15.5 Å². The Balaban J connectivity index is 1.87. The quantitative estimate of drug-likeness (QED) is 0.861. The van der Waals surface area contributed by atoms with Crippen LogP contribution in [0.1, 0.15) is 19.7 Å². The number of para-hydroxylation sites is 2. The minimum absolute atomic E-state index is 0.145. The molecule has 0 saturated carbocycles. The van der Waals surface area contributed by atoms with Crippen molar-refractivity contribution in [1.82, 2.24) is 14.8 Å². The van der Waals surface area contributed by atoms with Crippen LogP contribution < -0.4 is 10.2 Å². The van der Waals surface area contributed by atoms with Crippen LogP contribution in [0.25, 0.3) is 0 Å². The number of fused-ring (bicyclic) bond motifs is 1. The first-order valence-electron chi connectivity index (χ1n) is 7.54. The fourth-order valence-corrected chi connectivity index (χ4v) is 3.41. The second-order valence-corrected chi connectivity index (χ2v) is 7.08. The van der Waals surface area contributed by atoms with E-state index in [1.165, 1.54) is 11.8 Å². The average molecular weight is 345 g/mol. The van der Waals surface area contributed by atoms with E-state index in [0.29, 0.717) is 16.5 Å². The Labute approximate surface area is 144 Å². The number of carbonyl (C=O) groups is 2. The van der Waals surface area contributed by atoms with Crippen molar-refractivity contribution in [2.45, 2.75) is 31.5 Å². The molecule has 0 atom stereocenters. The van der Waals surface area contributed by atoms with Crippen molar-refractivity contribution in [3.05, 3.63) is 30.1 Å². The summed E-state index contributed by atoms with van der Waals surface area (Å²) in [4.78, 5) is 26.8. The highest BCUT2D eigenvalue weighted by molar-refractivity contribution is 7.99. The maximum Gasteiger partial charge on any atom is 0.250 e. The van der Waals surface area contributed by atoms with Gasteiger partial charge in [-0.2, -0.15) is 0 Å². The van der Waals surface area contributed by atoms with Crippen LogP contribution in [-0.2, 0) is 16.6 Å². The molecule has 126 valence electrons. The van der Waals surface area contributed by atoms with Gasteiger partial charge in [0.1, 0.15) is 11.4 Å². The Morgan fingerprint density at radius 3 is 2.67 bits per heavy atom. The number of anilines is 2. The summed E-state index contributed by atoms with van der Waals surface area (Å²) in [7, 11) is 1.86. The SMILES string of the molecule is Cc1nnc(SCC(=O)N2c3ccccc3NC(=O)C2(C)C)n1C. The van der Waals surface area contributed by atoms with Gasteiger partial charge in [0.2, 0.25) is 11.8 Å². The topological polar surface area (TPSA) is 80.1 Å². The molecule has 1 N–H and O–H groups in total. The van der Waals surface area contributed by atoms with Crippen LogP contribution >= 0.6 is 11.8 Å². The second kappa shape index (κ2) is 5.94. The molecule has 0 aliphatic carbocycles. The molecule has 1 aliphatic rings. The average Bonchev–Trinajstić information content (AvgIpc) is 2.85. The van der Waals surface area contributed by atoms with Crippen LogP contribution in [0, 0.1) is 6.92 Å². The van der Waals surface area contributed by atoms with E-state index in [4.69, 9.17) is 0 Å². The molecule has 2 heterocycles. The third-order valence-corrected chi connectivity index (χ3v) is 5.14. The lowest BCUT2D eigenvalue weighted by atomic mass is 9.96. The number of nitrogens with zero attached hydrogens (tertiary/aromatic N) is 4. The van der Waals surface area contributed by atoms with Crippen molar-refractivity contribution in [2.24, 2.45) is 7.05 Å². The Kier molecular flexibility index (Phi) is 4.08. The molecular formula is C16H19N5O2S. The van der Waals surface area contributed by atoms with E-state index < -0.39 is 5.54 Å². The summed E-state index contributed by atoms with van der Waals surface area (Å²) < 4.78 is 1.83. The number of benzene rings is 1. The molecule has 0 spiro atoms. The molecule has 0 saturated heterocycles. The molecule has 3 rings (SSSR count). The van der Waals surface area contributed by atoms with Crippen LogP contribution in [-0.4, -0.2) is 37.9 Å². The Hall–Kier alpha value is -2.35. The van der Waals surface area contributed by atoms with Crippen LogP contribution in [0.5, 0.6) is 0 Å². The van der Waals surface area contributed by atoms with Crippen molar-refractivity contribution in [3.8, 4) is 0 Å². The molecule has 2 amide bonds. The Bertz CT molecular complexity index is 815. The van der Waals surface area contributed by atoms with Gasteiger partial charge in [-0.25, -0.2) is 0 Å². The fourth-order valence-electron chi connectivity index (χ4n) is 2.60. The van der Waals surface area contributed by atoms with E-state index in [9.17, 15) is 9.59 Å². The molecule has 0 unspecified atom stereocenters. The van der Waals surface area contributed by atoms with Gasteiger partial charge in [-0.05, 0) is 32.9 Å². The van der Waals surface area contributed by atoms with Gasteiger partial charge in [0.05, 0.1) is 17.1 Å². The minimum atomic E-state index is -0.957. The largest absolute Gasteiger partial charge is 0.322 e. The first-order chi connectivity index (χ1) is 11.3. The van der Waals surface area contributed by atoms with Gasteiger partial charge in [0.25, 0.3) is 0 Å². The highest BCUT2D eigenvalue weighted by Gasteiger charge is 2.43. The van der Waals surface area contributed by atoms with Crippen molar-refractivity contribution < 1.29 is 9.59 Å². The van der Waals surface area contributed by atoms with Crippen LogP contribution in [0.2, 0.25) is 0 Å². The molecule has 1 aromatic heterocycles. The lowest BCUT2D eigenvalue weighted by molar-refractivity contribution is -0.125. The van der Waals surface area contributed by atoms with Gasteiger partial charge in [-0.3, -0.25) is 14.5 Å². The molecule has 2 aromatic rings. The van der Waals surface area contributed by atoms with Gasteiger partial charge >= 0.3 is 0 Å². The zero-order chi connectivity index (χ0) is 17.5. The summed E-state index contributed by atoms with van der Waals surface area (Å²) in [6.07, 6.45) is 0. The Morgan fingerprint density at radius 2 is 2.00 bits per heavy atom. The summed E-state index contributed by atoms with van der Waals surface area (Å²) in [6, 6.07) is 7.32. The van der Waals surface area contributed by atoms with E-state index >= 15 is 0 Å². The molecule has 0 bridgehead atoms. The number of aromatic nitrogens is 3. The normalized spacial score (nSPS) is 15.8. The third-order valence-electron chi connectivity index (χ3n) is 4.13. The molecule has 24 heavy (non-hydrogen) atoms. The predicted octanol–water partition coefficient (Wildman–Crippen LogP) is 1.98. The molecular weight excluding hydrogens is 326 g/mol. The van der Waals surface area contributed by atoms with Gasteiger partial charge in [-0.15, -0.1) is 10.2 Å². The minimum Gasteiger partial charge on any atom is -0.322 e. The lowest BCUT2D eigenvalue weighted by Gasteiger charge is -2.42. The van der Waals surface area contributed by atoms with E-state index in [1.54, 1.807) is 24.8 Å². The molecule has 0 radical (unpaired) electrons. The predicted molar refractivity (Wildman–Crippen MR) is 93.1 cm³/mol. The molecule has 1 aliphatic heterocycles. The summed E-state index contributed by atoms with van der Waals surface area (Å²) in [5.74, 6) is 0.617. The fraction of sp³-hybridized carbons (Fsp3) is 0.375. The first-order valence-corrected chi connectivity index (χ1v) is 8.53. The van der Waals surface area contributed by atoms with Crippen molar-refractivity contribution in [3.63, 3.8) is 0 Å². The molecule has 7 nitrogen and oxygen atoms in total. The second-order valence-electron chi connectivity index (χ2n) is 6.14. The molecule has 8 heteroatoms. The van der Waals surface area contributed by atoms with Crippen LogP contribution in [0.3, 0.4) is 0 Å². The number of carbonyl (C=O) groups excluding carboxylic acids is 2. The number of thioether (sulfide) groups is 1. The summed E-state index contributed by atoms with van der Waals surface area (Å²) >= 11 is 1.31. The van der Waals surface area contributed by atoms with Crippen LogP contribution in [0.4, 0.5) is 11.4 Å². The van der Waals surface area contributed by atoms with Crippen LogP contribution in [0.15, 0.2) is 29.4 Å². The lowest BCUT2D eigenvalue weighted by Crippen LogP contribution is -2.59. The number of rotatable bonds is 3. The van der Waals surface area contributed by atoms with Gasteiger partial charge < -0.3 is 9.88 Å². The summed E-state index contributed by atoms with van der Waals surface area (Å²) in [5.41, 5.74) is 0.401. The molecule has 1 aromatic carbocycles. The third kappa shape index (κ3) is 2.66. The van der Waals surface area contributed by atoms with Gasteiger partial charge in [0.15, 0.2) is 5.16 Å². The van der Waals surface area contributed by atoms with E-state index in [1.807, 2.05) is 36.7 Å². The maximum atomic E-state index is 12.9. The smallest absolute Gasteiger partial charge is 0.250 e. The van der Waals surface area contributed by atoms with E-state index in [-0.39, 0.29) is 17.6 Å². The number of amides is 2.